The number of thiol groups is 1. The Labute approximate surface area is 225 Å². The summed E-state index contributed by atoms with van der Waals surface area (Å²) in [7, 11) is 0. The van der Waals surface area contributed by atoms with E-state index < -0.39 is 60.2 Å². The highest BCUT2D eigenvalue weighted by Crippen LogP contribution is 2.18. The number of carbonyl (C=O) groups is 5. The van der Waals surface area contributed by atoms with Gasteiger partial charge in [-0.05, 0) is 43.9 Å². The van der Waals surface area contributed by atoms with Crippen LogP contribution in [0.1, 0.15) is 31.2 Å². The van der Waals surface area contributed by atoms with E-state index >= 15 is 0 Å². The third-order valence-corrected chi connectivity index (χ3v) is 6.23. The van der Waals surface area contributed by atoms with Gasteiger partial charge in [-0.15, -0.1) is 0 Å². The molecule has 4 amide bonds. The Morgan fingerprint density at radius 3 is 2.21 bits per heavy atom. The molecule has 4 atom stereocenters. The van der Waals surface area contributed by atoms with Gasteiger partial charge in [-0.2, -0.15) is 12.6 Å². The molecule has 1 aromatic heterocycles. The van der Waals surface area contributed by atoms with Crippen LogP contribution in [0.2, 0.25) is 0 Å². The largest absolute Gasteiger partial charge is 0.480 e. The molecule has 208 valence electrons. The molecule has 2 rings (SSSR count). The van der Waals surface area contributed by atoms with E-state index in [1.54, 1.807) is 6.20 Å². The van der Waals surface area contributed by atoms with Gasteiger partial charge in [0.2, 0.25) is 23.6 Å². The maximum atomic E-state index is 13.0. The van der Waals surface area contributed by atoms with Gasteiger partial charge in [-0.1, -0.05) is 18.2 Å². The second-order valence-electron chi connectivity index (χ2n) is 8.83. The number of hydrogen-bond donors (Lipinski definition) is 9. The Morgan fingerprint density at radius 2 is 1.58 bits per heavy atom. The van der Waals surface area contributed by atoms with E-state index in [1.807, 2.05) is 24.3 Å². The summed E-state index contributed by atoms with van der Waals surface area (Å²) < 4.78 is 0. The van der Waals surface area contributed by atoms with E-state index in [4.69, 9.17) is 17.2 Å². The van der Waals surface area contributed by atoms with Crippen molar-refractivity contribution in [3.05, 3.63) is 36.0 Å². The van der Waals surface area contributed by atoms with E-state index in [2.05, 4.69) is 33.6 Å². The number of carboxylic acids is 1. The minimum atomic E-state index is -1.40. The molecule has 0 radical (unpaired) electrons. The molecule has 0 aliphatic carbocycles. The highest BCUT2D eigenvalue weighted by molar-refractivity contribution is 7.80. The first-order valence-electron chi connectivity index (χ1n) is 12.1. The number of nitrogens with one attached hydrogen (secondary N) is 4. The summed E-state index contributed by atoms with van der Waals surface area (Å²) in [4.78, 5) is 64.7. The van der Waals surface area contributed by atoms with Crippen LogP contribution in [0.5, 0.6) is 0 Å². The second-order valence-corrected chi connectivity index (χ2v) is 9.19. The molecule has 0 bridgehead atoms. The van der Waals surface area contributed by atoms with Gasteiger partial charge >= 0.3 is 5.97 Å². The van der Waals surface area contributed by atoms with Gasteiger partial charge in [-0.3, -0.25) is 19.2 Å². The van der Waals surface area contributed by atoms with Crippen molar-refractivity contribution >= 4 is 53.1 Å². The number of carboxylic acid groups (broad SMARTS) is 1. The number of aliphatic carboxylic acids is 1. The number of hydrogen-bond acceptors (Lipinski definition) is 8. The molecule has 38 heavy (non-hydrogen) atoms. The number of para-hydroxylation sites is 1. The Hall–Kier alpha value is -3.62. The normalized spacial score (nSPS) is 14.2. The highest BCUT2D eigenvalue weighted by Gasteiger charge is 2.31. The zero-order valence-electron chi connectivity index (χ0n) is 20.8. The molecule has 11 N–H and O–H groups in total. The smallest absolute Gasteiger partial charge is 0.327 e. The summed E-state index contributed by atoms with van der Waals surface area (Å²) in [5.74, 6) is -4.61. The number of aromatic nitrogens is 1. The average Bonchev–Trinajstić information content (AvgIpc) is 3.28. The number of unbranched alkanes of at least 4 members (excludes halogenated alkanes) is 1. The lowest BCUT2D eigenvalue weighted by Crippen LogP contribution is -2.58. The summed E-state index contributed by atoms with van der Waals surface area (Å²) in [6.07, 6.45) is 2.51. The zero-order valence-corrected chi connectivity index (χ0v) is 21.7. The molecular formula is C24H35N7O6S. The molecule has 0 fully saturated rings. The number of carbonyl (C=O) groups excluding carboxylic acids is 4. The highest BCUT2D eigenvalue weighted by atomic mass is 32.1. The van der Waals surface area contributed by atoms with Crippen molar-refractivity contribution in [2.24, 2.45) is 17.2 Å². The number of aromatic amines is 1. The Kier molecular flexibility index (Phi) is 12.0. The van der Waals surface area contributed by atoms with Crippen LogP contribution in [-0.4, -0.2) is 76.2 Å². The van der Waals surface area contributed by atoms with Gasteiger partial charge in [-0.25, -0.2) is 4.79 Å². The monoisotopic (exact) mass is 549 g/mol. The average molecular weight is 550 g/mol. The lowest BCUT2D eigenvalue weighted by Gasteiger charge is -2.24. The molecule has 14 heteroatoms. The number of rotatable bonds is 16. The molecule has 0 saturated heterocycles. The molecule has 4 unspecified atom stereocenters. The first-order chi connectivity index (χ1) is 18.1. The first kappa shape index (κ1) is 30.6. The topological polar surface area (TPSA) is 236 Å². The van der Waals surface area contributed by atoms with Crippen molar-refractivity contribution in [3.63, 3.8) is 0 Å². The Balaban J connectivity index is 2.12. The molecule has 0 spiro atoms. The lowest BCUT2D eigenvalue weighted by molar-refractivity contribution is -0.141. The summed E-state index contributed by atoms with van der Waals surface area (Å²) in [5.41, 5.74) is 18.6. The third-order valence-electron chi connectivity index (χ3n) is 5.87. The predicted molar refractivity (Wildman–Crippen MR) is 144 cm³/mol. The van der Waals surface area contributed by atoms with Gasteiger partial charge < -0.3 is 43.2 Å². The Morgan fingerprint density at radius 1 is 0.947 bits per heavy atom. The summed E-state index contributed by atoms with van der Waals surface area (Å²) in [6.45, 7) is 0.353. The van der Waals surface area contributed by atoms with Gasteiger partial charge in [0.15, 0.2) is 0 Å². The van der Waals surface area contributed by atoms with Gasteiger partial charge in [0, 0.05) is 22.9 Å². The minimum absolute atomic E-state index is 0.144. The molecular weight excluding hydrogens is 514 g/mol. The van der Waals surface area contributed by atoms with Crippen molar-refractivity contribution in [1.82, 2.24) is 20.9 Å². The number of H-pyrrole nitrogens is 1. The van der Waals surface area contributed by atoms with Gasteiger partial charge in [0.05, 0.1) is 12.5 Å². The van der Waals surface area contributed by atoms with Crippen molar-refractivity contribution in [2.75, 3.05) is 12.3 Å². The van der Waals surface area contributed by atoms with Crippen LogP contribution < -0.4 is 33.2 Å². The lowest BCUT2D eigenvalue weighted by atomic mass is 10.0. The maximum Gasteiger partial charge on any atom is 0.327 e. The van der Waals surface area contributed by atoms with E-state index in [1.165, 1.54) is 0 Å². The number of primary amides is 1. The van der Waals surface area contributed by atoms with E-state index in [0.29, 0.717) is 19.4 Å². The van der Waals surface area contributed by atoms with Crippen LogP contribution in [0.4, 0.5) is 0 Å². The third kappa shape index (κ3) is 9.04. The van der Waals surface area contributed by atoms with E-state index in [-0.39, 0.29) is 18.6 Å². The molecule has 0 saturated carbocycles. The quantitative estimate of drug-likeness (QED) is 0.0881. The Bertz CT molecular complexity index is 1140. The predicted octanol–water partition coefficient (Wildman–Crippen LogP) is -1.49. The van der Waals surface area contributed by atoms with Crippen LogP contribution >= 0.6 is 12.6 Å². The van der Waals surface area contributed by atoms with Crippen LogP contribution in [0.15, 0.2) is 30.5 Å². The molecule has 13 nitrogen and oxygen atoms in total. The van der Waals surface area contributed by atoms with Crippen molar-refractivity contribution in [3.8, 4) is 0 Å². The maximum absolute atomic E-state index is 13.0. The number of benzene rings is 1. The fraction of sp³-hybridized carbons (Fsp3) is 0.458. The van der Waals surface area contributed by atoms with E-state index in [0.717, 1.165) is 16.5 Å². The summed E-state index contributed by atoms with van der Waals surface area (Å²) in [5, 5.41) is 17.4. The fourth-order valence-electron chi connectivity index (χ4n) is 3.81. The van der Waals surface area contributed by atoms with Crippen LogP contribution in [-0.2, 0) is 30.4 Å². The summed E-state index contributed by atoms with van der Waals surface area (Å²) >= 11 is 3.92. The number of amides is 4. The molecule has 0 aliphatic rings. The number of nitrogens with two attached hydrogens (primary N) is 3. The SMILES string of the molecule is NCCCCC(NC(=O)C(CC(N)=O)NC(=O)C(N)Cc1c[nH]c2ccccc12)C(=O)NC(CS)C(=O)O. The molecule has 1 aromatic carbocycles. The standard InChI is InChI=1S/C24H35N7O6S/c25-8-4-3-7-17(22(34)31-19(12-38)24(36)37)29-23(35)18(10-20(27)32)30-21(33)15(26)9-13-11-28-16-6-2-1-5-14(13)16/h1-2,5-6,11,15,17-19,28,38H,3-4,7-10,12,25-26H2,(H2,27,32)(H,29,35)(H,30,33)(H,31,34)(H,36,37). The number of fused-ring (bicyclic) bond motifs is 1. The van der Waals surface area contributed by atoms with Gasteiger partial charge in [0.1, 0.15) is 18.1 Å². The fourth-order valence-corrected chi connectivity index (χ4v) is 4.06. The van der Waals surface area contributed by atoms with Crippen molar-refractivity contribution in [1.29, 1.82) is 0 Å². The van der Waals surface area contributed by atoms with Crippen molar-refractivity contribution < 1.29 is 29.1 Å². The molecule has 1 heterocycles. The van der Waals surface area contributed by atoms with Crippen LogP contribution in [0.3, 0.4) is 0 Å². The minimum Gasteiger partial charge on any atom is -0.480 e. The van der Waals surface area contributed by atoms with E-state index in [9.17, 15) is 29.1 Å². The summed E-state index contributed by atoms with van der Waals surface area (Å²) in [6, 6.07) is 2.61. The zero-order chi connectivity index (χ0) is 28.2. The van der Waals surface area contributed by atoms with Crippen molar-refractivity contribution in [2.45, 2.75) is 56.3 Å². The van der Waals surface area contributed by atoms with Crippen LogP contribution in [0.25, 0.3) is 10.9 Å². The first-order valence-corrected chi connectivity index (χ1v) is 12.7. The second kappa shape index (κ2) is 15.0. The molecule has 2 aromatic rings. The molecule has 0 aliphatic heterocycles. The van der Waals surface area contributed by atoms with Gasteiger partial charge in [0.25, 0.3) is 0 Å². The van der Waals surface area contributed by atoms with Crippen LogP contribution in [0, 0.1) is 0 Å².